The second-order valence-electron chi connectivity index (χ2n) is 6.57. The van der Waals surface area contributed by atoms with Gasteiger partial charge in [0.05, 0.1) is 6.61 Å². The quantitative estimate of drug-likeness (QED) is 0.560. The zero-order valence-corrected chi connectivity index (χ0v) is 11.7. The molecule has 0 spiro atoms. The maximum atomic E-state index is 5.50. The van der Waals surface area contributed by atoms with Crippen LogP contribution < -0.4 is 0 Å². The zero-order valence-electron chi connectivity index (χ0n) is 11.7. The summed E-state index contributed by atoms with van der Waals surface area (Å²) in [5, 5.41) is 0. The molecule has 0 aromatic heterocycles. The summed E-state index contributed by atoms with van der Waals surface area (Å²) < 4.78 is 5.50. The lowest BCUT2D eigenvalue weighted by atomic mass is 9.84. The highest BCUT2D eigenvalue weighted by atomic mass is 16.5. The monoisotopic (exact) mass is 214 g/mol. The van der Waals surface area contributed by atoms with Gasteiger partial charge in [-0.2, -0.15) is 0 Å². The lowest BCUT2D eigenvalue weighted by molar-refractivity contribution is 0.0641. The largest absolute Gasteiger partial charge is 0.381 e. The second kappa shape index (κ2) is 6.52. The SMILES string of the molecule is CCOCC(C)(C)CCCCC(C)(C)C. The van der Waals surface area contributed by atoms with E-state index in [4.69, 9.17) is 4.74 Å². The molecule has 15 heavy (non-hydrogen) atoms. The smallest absolute Gasteiger partial charge is 0.0516 e. The third kappa shape index (κ3) is 10.2. The van der Waals surface area contributed by atoms with Crippen molar-refractivity contribution in [1.29, 1.82) is 0 Å². The summed E-state index contributed by atoms with van der Waals surface area (Å²) >= 11 is 0. The molecule has 0 amide bonds. The first-order valence-electron chi connectivity index (χ1n) is 6.35. The van der Waals surface area contributed by atoms with E-state index in [1.54, 1.807) is 0 Å². The van der Waals surface area contributed by atoms with Crippen molar-refractivity contribution < 1.29 is 4.74 Å². The summed E-state index contributed by atoms with van der Waals surface area (Å²) in [6, 6.07) is 0. The van der Waals surface area contributed by atoms with E-state index in [0.29, 0.717) is 10.8 Å². The standard InChI is InChI=1S/C14H30O/c1-7-15-12-14(5,6)11-9-8-10-13(2,3)4/h7-12H2,1-6H3. The van der Waals surface area contributed by atoms with Gasteiger partial charge in [-0.1, -0.05) is 47.5 Å². The average molecular weight is 214 g/mol. The number of ether oxygens (including phenoxy) is 1. The molecule has 0 aromatic carbocycles. The Morgan fingerprint density at radius 3 is 1.87 bits per heavy atom. The van der Waals surface area contributed by atoms with Crippen molar-refractivity contribution in [3.8, 4) is 0 Å². The Labute approximate surface area is 96.6 Å². The van der Waals surface area contributed by atoms with Crippen LogP contribution in [0, 0.1) is 10.8 Å². The van der Waals surface area contributed by atoms with Gasteiger partial charge < -0.3 is 4.74 Å². The fourth-order valence-corrected chi connectivity index (χ4v) is 1.71. The lowest BCUT2D eigenvalue weighted by Crippen LogP contribution is -2.19. The van der Waals surface area contributed by atoms with Crippen molar-refractivity contribution in [2.75, 3.05) is 13.2 Å². The summed E-state index contributed by atoms with van der Waals surface area (Å²) in [7, 11) is 0. The maximum Gasteiger partial charge on any atom is 0.0516 e. The molecule has 1 heteroatoms. The Morgan fingerprint density at radius 1 is 0.867 bits per heavy atom. The molecule has 0 aromatic rings. The van der Waals surface area contributed by atoms with Crippen molar-refractivity contribution in [3.05, 3.63) is 0 Å². The molecular formula is C14H30O. The van der Waals surface area contributed by atoms with Gasteiger partial charge in [-0.25, -0.2) is 0 Å². The van der Waals surface area contributed by atoms with Crippen molar-refractivity contribution in [2.24, 2.45) is 10.8 Å². The third-order valence-electron chi connectivity index (χ3n) is 2.73. The molecule has 0 aliphatic heterocycles. The van der Waals surface area contributed by atoms with Gasteiger partial charge in [-0.15, -0.1) is 0 Å². The Hall–Kier alpha value is -0.0400. The molecule has 0 saturated heterocycles. The molecule has 0 fully saturated rings. The van der Waals surface area contributed by atoms with Gasteiger partial charge in [-0.3, -0.25) is 0 Å². The summed E-state index contributed by atoms with van der Waals surface area (Å²) in [5.74, 6) is 0. The van der Waals surface area contributed by atoms with E-state index in [2.05, 4.69) is 41.5 Å². The van der Waals surface area contributed by atoms with Crippen LogP contribution in [-0.2, 0) is 4.74 Å². The van der Waals surface area contributed by atoms with Crippen LogP contribution in [0.4, 0.5) is 0 Å². The molecule has 0 heterocycles. The van der Waals surface area contributed by atoms with E-state index < -0.39 is 0 Å². The molecule has 0 N–H and O–H groups in total. The topological polar surface area (TPSA) is 9.23 Å². The van der Waals surface area contributed by atoms with E-state index in [1.807, 2.05) is 0 Å². The van der Waals surface area contributed by atoms with E-state index in [0.717, 1.165) is 13.2 Å². The first-order chi connectivity index (χ1) is 6.77. The molecule has 0 aliphatic rings. The molecule has 0 radical (unpaired) electrons. The van der Waals surface area contributed by atoms with E-state index in [1.165, 1.54) is 25.7 Å². The highest BCUT2D eigenvalue weighted by Gasteiger charge is 2.18. The van der Waals surface area contributed by atoms with Gasteiger partial charge in [0.15, 0.2) is 0 Å². The second-order valence-corrected chi connectivity index (χ2v) is 6.57. The van der Waals surface area contributed by atoms with Crippen molar-refractivity contribution in [1.82, 2.24) is 0 Å². The molecule has 0 aliphatic carbocycles. The van der Waals surface area contributed by atoms with Gasteiger partial charge in [-0.05, 0) is 30.6 Å². The molecule has 0 bridgehead atoms. The normalized spacial score (nSPS) is 13.2. The molecular weight excluding hydrogens is 184 g/mol. The maximum absolute atomic E-state index is 5.50. The van der Waals surface area contributed by atoms with Gasteiger partial charge in [0, 0.05) is 6.61 Å². The van der Waals surface area contributed by atoms with Crippen LogP contribution in [0.3, 0.4) is 0 Å². The average Bonchev–Trinajstić information content (AvgIpc) is 2.08. The Balaban J connectivity index is 3.57. The van der Waals surface area contributed by atoms with E-state index in [-0.39, 0.29) is 0 Å². The number of hydrogen-bond acceptors (Lipinski definition) is 1. The first kappa shape index (κ1) is 15.0. The number of unbranched alkanes of at least 4 members (excludes halogenated alkanes) is 1. The molecule has 0 saturated carbocycles. The Bertz CT molecular complexity index is 153. The molecule has 0 rings (SSSR count). The molecule has 92 valence electrons. The predicted octanol–water partition coefficient (Wildman–Crippen LogP) is 4.66. The Kier molecular flexibility index (Phi) is 6.51. The van der Waals surface area contributed by atoms with Crippen molar-refractivity contribution in [2.45, 2.75) is 67.2 Å². The first-order valence-corrected chi connectivity index (χ1v) is 6.35. The van der Waals surface area contributed by atoms with Crippen LogP contribution in [0.2, 0.25) is 0 Å². The van der Waals surface area contributed by atoms with Crippen molar-refractivity contribution >= 4 is 0 Å². The summed E-state index contributed by atoms with van der Waals surface area (Å²) in [6.07, 6.45) is 5.29. The van der Waals surface area contributed by atoms with Gasteiger partial charge >= 0.3 is 0 Å². The summed E-state index contributed by atoms with van der Waals surface area (Å²) in [5.41, 5.74) is 0.845. The van der Waals surface area contributed by atoms with Gasteiger partial charge in [0.1, 0.15) is 0 Å². The third-order valence-corrected chi connectivity index (χ3v) is 2.73. The summed E-state index contributed by atoms with van der Waals surface area (Å²) in [4.78, 5) is 0. The molecule has 0 atom stereocenters. The fourth-order valence-electron chi connectivity index (χ4n) is 1.71. The molecule has 0 unspecified atom stereocenters. The van der Waals surface area contributed by atoms with E-state index >= 15 is 0 Å². The van der Waals surface area contributed by atoms with Crippen LogP contribution in [0.5, 0.6) is 0 Å². The van der Waals surface area contributed by atoms with Gasteiger partial charge in [0.25, 0.3) is 0 Å². The van der Waals surface area contributed by atoms with Crippen LogP contribution >= 0.6 is 0 Å². The van der Waals surface area contributed by atoms with E-state index in [9.17, 15) is 0 Å². The highest BCUT2D eigenvalue weighted by Crippen LogP contribution is 2.27. The zero-order chi connectivity index (χ0) is 11.9. The number of rotatable bonds is 7. The minimum absolute atomic E-state index is 0.355. The minimum atomic E-state index is 0.355. The fraction of sp³-hybridized carbons (Fsp3) is 1.00. The predicted molar refractivity (Wildman–Crippen MR) is 68.2 cm³/mol. The van der Waals surface area contributed by atoms with Crippen molar-refractivity contribution in [3.63, 3.8) is 0 Å². The minimum Gasteiger partial charge on any atom is -0.381 e. The van der Waals surface area contributed by atoms with Crippen LogP contribution in [-0.4, -0.2) is 13.2 Å². The highest BCUT2D eigenvalue weighted by molar-refractivity contribution is 4.69. The van der Waals surface area contributed by atoms with Gasteiger partial charge in [0.2, 0.25) is 0 Å². The Morgan fingerprint density at radius 2 is 1.40 bits per heavy atom. The van der Waals surface area contributed by atoms with Crippen LogP contribution in [0.25, 0.3) is 0 Å². The van der Waals surface area contributed by atoms with Crippen LogP contribution in [0.1, 0.15) is 67.2 Å². The summed E-state index contributed by atoms with van der Waals surface area (Å²) in [6.45, 7) is 15.4. The number of hydrogen-bond donors (Lipinski definition) is 0. The lowest BCUT2D eigenvalue weighted by Gasteiger charge is -2.25. The molecule has 1 nitrogen and oxygen atoms in total. The van der Waals surface area contributed by atoms with Crippen LogP contribution in [0.15, 0.2) is 0 Å².